The smallest absolute Gasteiger partial charge is 0.292 e. The molecule has 1 aliphatic heterocycles. The Morgan fingerprint density at radius 3 is 2.65 bits per heavy atom. The summed E-state index contributed by atoms with van der Waals surface area (Å²) in [6, 6.07) is 10.2. The van der Waals surface area contributed by atoms with Crippen molar-refractivity contribution < 1.29 is 18.9 Å². The fraction of sp³-hybridized carbons (Fsp3) is 0.250. The number of carbonyl (C=O) groups is 1. The van der Waals surface area contributed by atoms with Crippen molar-refractivity contribution in [3.8, 4) is 11.6 Å². The normalized spacial score (nSPS) is 14.1. The quantitative estimate of drug-likeness (QED) is 0.214. The van der Waals surface area contributed by atoms with Crippen LogP contribution in [0.15, 0.2) is 46.1 Å². The number of rotatable bonds is 9. The number of carbonyl (C=O) groups excluding carboxylic acids is 1. The number of halogens is 3. The molecule has 13 nitrogen and oxygen atoms in total. The van der Waals surface area contributed by atoms with Crippen LogP contribution in [0.5, 0.6) is 5.75 Å². The van der Waals surface area contributed by atoms with E-state index in [1.54, 1.807) is 36.4 Å². The molecular formula is C24H22Cl3N9O4. The van der Waals surface area contributed by atoms with E-state index in [0.717, 1.165) is 4.68 Å². The van der Waals surface area contributed by atoms with Gasteiger partial charge in [-0.2, -0.15) is 9.78 Å². The first-order valence-corrected chi connectivity index (χ1v) is 13.1. The molecule has 3 heterocycles. The summed E-state index contributed by atoms with van der Waals surface area (Å²) in [5.74, 6) is -0.197. The molecule has 1 amide bonds. The Balaban J connectivity index is 1.36. The molecule has 0 atom stereocenters. The van der Waals surface area contributed by atoms with E-state index in [-0.39, 0.29) is 23.9 Å². The zero-order valence-electron chi connectivity index (χ0n) is 20.8. The predicted octanol–water partition coefficient (Wildman–Crippen LogP) is 3.37. The van der Waals surface area contributed by atoms with Crippen LogP contribution in [-0.2, 0) is 17.9 Å². The molecule has 5 rings (SSSR count). The highest BCUT2D eigenvalue weighted by Crippen LogP contribution is 2.28. The van der Waals surface area contributed by atoms with E-state index in [1.807, 2.05) is 0 Å². The third-order valence-electron chi connectivity index (χ3n) is 5.90. The van der Waals surface area contributed by atoms with E-state index >= 15 is 0 Å². The standard InChI is InChI=1S/C24H22Cl3N9O4/c25-15-4-5-20(39-13-16-17(26)2-1-3-18(16)27)14(10-15)11-29-31-24(37)21-19(12-35-6-8-38-9-7-35)30-34-36(21)23-22(28)32-40-33-23/h1-5,10-11H,6-9,12-13H2,(H2,28,32)(H,31,37)/b29-11+. The molecular weight excluding hydrogens is 585 g/mol. The fourth-order valence-electron chi connectivity index (χ4n) is 3.89. The Morgan fingerprint density at radius 1 is 1.15 bits per heavy atom. The zero-order valence-corrected chi connectivity index (χ0v) is 23.0. The first kappa shape index (κ1) is 27.8. The largest absolute Gasteiger partial charge is 0.488 e. The van der Waals surface area contributed by atoms with Crippen LogP contribution in [0, 0.1) is 0 Å². The summed E-state index contributed by atoms with van der Waals surface area (Å²) in [4.78, 5) is 15.4. The maximum Gasteiger partial charge on any atom is 0.292 e. The van der Waals surface area contributed by atoms with Crippen LogP contribution in [0.4, 0.5) is 5.82 Å². The van der Waals surface area contributed by atoms with Gasteiger partial charge < -0.3 is 15.2 Å². The molecule has 0 bridgehead atoms. The van der Waals surface area contributed by atoms with Gasteiger partial charge in [0.25, 0.3) is 5.91 Å². The second kappa shape index (κ2) is 12.6. The number of nitrogens with one attached hydrogen (secondary N) is 1. The van der Waals surface area contributed by atoms with Crippen LogP contribution >= 0.6 is 34.8 Å². The summed E-state index contributed by atoms with van der Waals surface area (Å²) in [6.07, 6.45) is 1.40. The van der Waals surface area contributed by atoms with Crippen molar-refractivity contribution in [1.82, 2.24) is 35.6 Å². The number of amides is 1. The topological polar surface area (TPSA) is 159 Å². The van der Waals surface area contributed by atoms with Gasteiger partial charge in [0, 0.05) is 45.8 Å². The van der Waals surface area contributed by atoms with Crippen LogP contribution in [0.2, 0.25) is 15.1 Å². The summed E-state index contributed by atoms with van der Waals surface area (Å²) in [5, 5.41) is 21.1. The number of hydrazone groups is 1. The first-order valence-electron chi connectivity index (χ1n) is 11.9. The molecule has 0 unspecified atom stereocenters. The summed E-state index contributed by atoms with van der Waals surface area (Å²) < 4.78 is 17.2. The number of morpholine rings is 1. The minimum absolute atomic E-state index is 0.0265. The second-order valence-corrected chi connectivity index (χ2v) is 9.78. The van der Waals surface area contributed by atoms with Crippen molar-refractivity contribution in [3.05, 3.63) is 74.0 Å². The van der Waals surface area contributed by atoms with Crippen LogP contribution in [0.1, 0.15) is 27.3 Å². The van der Waals surface area contributed by atoms with Crippen molar-refractivity contribution in [1.29, 1.82) is 0 Å². The highest BCUT2D eigenvalue weighted by molar-refractivity contribution is 6.36. The lowest BCUT2D eigenvalue weighted by atomic mass is 10.2. The fourth-order valence-corrected chi connectivity index (χ4v) is 4.58. The molecule has 3 N–H and O–H groups in total. The number of nitrogens with two attached hydrogens (primary N) is 1. The van der Waals surface area contributed by atoms with Gasteiger partial charge in [-0.05, 0) is 40.6 Å². The monoisotopic (exact) mass is 605 g/mol. The lowest BCUT2D eigenvalue weighted by Crippen LogP contribution is -2.36. The van der Waals surface area contributed by atoms with Gasteiger partial charge in [0.15, 0.2) is 5.69 Å². The molecule has 40 heavy (non-hydrogen) atoms. The molecule has 0 saturated carbocycles. The third kappa shape index (κ3) is 6.35. The number of hydrogen-bond acceptors (Lipinski definition) is 11. The maximum atomic E-state index is 13.3. The van der Waals surface area contributed by atoms with Gasteiger partial charge in [-0.15, -0.1) is 5.10 Å². The molecule has 0 spiro atoms. The molecule has 0 aliphatic carbocycles. The van der Waals surface area contributed by atoms with Gasteiger partial charge in [-0.1, -0.05) is 46.1 Å². The second-order valence-electron chi connectivity index (χ2n) is 8.53. The Kier molecular flexibility index (Phi) is 8.77. The van der Waals surface area contributed by atoms with E-state index in [1.165, 1.54) is 6.21 Å². The highest BCUT2D eigenvalue weighted by atomic mass is 35.5. The van der Waals surface area contributed by atoms with E-state index in [2.05, 4.69) is 40.7 Å². The summed E-state index contributed by atoms with van der Waals surface area (Å²) in [7, 11) is 0. The molecule has 0 radical (unpaired) electrons. The molecule has 1 saturated heterocycles. The van der Waals surface area contributed by atoms with Gasteiger partial charge >= 0.3 is 0 Å². The number of benzene rings is 2. The van der Waals surface area contributed by atoms with Gasteiger partial charge in [-0.25, -0.2) is 10.1 Å². The number of anilines is 1. The van der Waals surface area contributed by atoms with E-state index in [9.17, 15) is 4.79 Å². The number of ether oxygens (including phenoxy) is 2. The lowest BCUT2D eigenvalue weighted by Gasteiger charge is -2.25. The average Bonchev–Trinajstić information content (AvgIpc) is 3.55. The van der Waals surface area contributed by atoms with E-state index in [0.29, 0.717) is 70.5 Å². The molecule has 1 aliphatic rings. The zero-order chi connectivity index (χ0) is 28.1. The Morgan fingerprint density at radius 2 is 1.93 bits per heavy atom. The minimum atomic E-state index is -0.612. The summed E-state index contributed by atoms with van der Waals surface area (Å²) in [6.45, 7) is 2.96. The van der Waals surface area contributed by atoms with Crippen molar-refractivity contribution in [3.63, 3.8) is 0 Å². The van der Waals surface area contributed by atoms with Crippen LogP contribution in [-0.4, -0.2) is 68.6 Å². The third-order valence-corrected chi connectivity index (χ3v) is 6.85. The minimum Gasteiger partial charge on any atom is -0.488 e. The van der Waals surface area contributed by atoms with Crippen LogP contribution < -0.4 is 15.9 Å². The predicted molar refractivity (Wildman–Crippen MR) is 147 cm³/mol. The molecule has 2 aromatic carbocycles. The maximum absolute atomic E-state index is 13.3. The van der Waals surface area contributed by atoms with Crippen molar-refractivity contribution in [2.45, 2.75) is 13.2 Å². The number of aromatic nitrogens is 5. The van der Waals surface area contributed by atoms with Crippen molar-refractivity contribution in [2.24, 2.45) is 5.10 Å². The van der Waals surface area contributed by atoms with Crippen molar-refractivity contribution in [2.75, 3.05) is 32.0 Å². The van der Waals surface area contributed by atoms with Crippen molar-refractivity contribution >= 4 is 52.7 Å². The van der Waals surface area contributed by atoms with E-state index in [4.69, 9.17) is 50.0 Å². The van der Waals surface area contributed by atoms with Gasteiger partial charge in [0.2, 0.25) is 11.6 Å². The Hall–Kier alpha value is -3.75. The van der Waals surface area contributed by atoms with Gasteiger partial charge in [-0.3, -0.25) is 9.69 Å². The van der Waals surface area contributed by atoms with Gasteiger partial charge in [0.05, 0.1) is 19.4 Å². The first-order chi connectivity index (χ1) is 19.4. The SMILES string of the molecule is Nc1nonc1-n1nnc(CN2CCOCC2)c1C(=O)N/N=C/c1cc(Cl)ccc1OCc1c(Cl)cccc1Cl. The average molecular weight is 607 g/mol. The molecule has 4 aromatic rings. The van der Waals surface area contributed by atoms with Crippen LogP contribution in [0.25, 0.3) is 5.82 Å². The number of nitrogen functional groups attached to an aromatic ring is 1. The molecule has 16 heteroatoms. The van der Waals surface area contributed by atoms with Gasteiger partial charge in [0.1, 0.15) is 18.1 Å². The Labute approximate surface area is 242 Å². The molecule has 1 fully saturated rings. The molecule has 2 aromatic heterocycles. The number of nitrogens with zero attached hydrogens (tertiary/aromatic N) is 7. The van der Waals surface area contributed by atoms with E-state index < -0.39 is 5.91 Å². The number of hydrogen-bond donors (Lipinski definition) is 2. The lowest BCUT2D eigenvalue weighted by molar-refractivity contribution is 0.0335. The van der Waals surface area contributed by atoms with Crippen LogP contribution in [0.3, 0.4) is 0 Å². The Bertz CT molecular complexity index is 1520. The summed E-state index contributed by atoms with van der Waals surface area (Å²) >= 11 is 18.7. The summed E-state index contributed by atoms with van der Waals surface area (Å²) in [5.41, 5.74) is 9.93. The highest BCUT2D eigenvalue weighted by Gasteiger charge is 2.26. The molecule has 208 valence electrons.